The number of hydrogen-bond acceptors (Lipinski definition) is 6. The number of esters is 3. The summed E-state index contributed by atoms with van der Waals surface area (Å²) in [7, 11) is 0. The number of fused-ring (bicyclic) bond motifs is 1. The van der Waals surface area contributed by atoms with E-state index in [1.54, 1.807) is 24.3 Å². The average molecular weight is 328 g/mol. The van der Waals surface area contributed by atoms with Crippen molar-refractivity contribution < 1.29 is 28.6 Å². The zero-order chi connectivity index (χ0) is 17.9. The second-order valence-corrected chi connectivity index (χ2v) is 5.10. The molecule has 0 saturated carbocycles. The highest BCUT2D eigenvalue weighted by molar-refractivity contribution is 6.00. The fourth-order valence-electron chi connectivity index (χ4n) is 2.05. The van der Waals surface area contributed by atoms with Crippen LogP contribution in [-0.4, -0.2) is 17.9 Å². The van der Waals surface area contributed by atoms with E-state index >= 15 is 0 Å². The van der Waals surface area contributed by atoms with Gasteiger partial charge < -0.3 is 14.2 Å². The first-order valence-corrected chi connectivity index (χ1v) is 7.10. The first kappa shape index (κ1) is 17.2. The third-order valence-corrected chi connectivity index (χ3v) is 2.97. The lowest BCUT2D eigenvalue weighted by molar-refractivity contribution is -0.133. The van der Waals surface area contributed by atoms with Gasteiger partial charge in [0.2, 0.25) is 0 Å². The molecule has 0 saturated heterocycles. The van der Waals surface area contributed by atoms with E-state index in [-0.39, 0.29) is 22.8 Å². The minimum atomic E-state index is -0.659. The van der Waals surface area contributed by atoms with Crippen LogP contribution in [0, 0.1) is 0 Å². The SMILES string of the molecule is C=C(C)C(=O)Oc1c(OC(C)=O)cc(OC(C)=O)c2ccccc12. The molecule has 0 fully saturated rings. The molecule has 0 radical (unpaired) electrons. The summed E-state index contributed by atoms with van der Waals surface area (Å²) in [5.41, 5.74) is 0.192. The number of carbonyl (C=O) groups is 3. The van der Waals surface area contributed by atoms with Crippen molar-refractivity contribution >= 4 is 28.7 Å². The smallest absolute Gasteiger partial charge is 0.338 e. The number of benzene rings is 2. The maximum absolute atomic E-state index is 11.9. The molecular weight excluding hydrogens is 312 g/mol. The molecule has 0 heterocycles. The molecule has 0 N–H and O–H groups in total. The largest absolute Gasteiger partial charge is 0.426 e. The van der Waals surface area contributed by atoms with Gasteiger partial charge in [0.05, 0.1) is 0 Å². The minimum Gasteiger partial charge on any atom is -0.426 e. The van der Waals surface area contributed by atoms with Crippen LogP contribution in [0.15, 0.2) is 42.5 Å². The summed E-state index contributed by atoms with van der Waals surface area (Å²) < 4.78 is 15.6. The molecule has 0 bridgehead atoms. The molecule has 124 valence electrons. The Morgan fingerprint density at radius 2 is 1.38 bits per heavy atom. The van der Waals surface area contributed by atoms with Crippen molar-refractivity contribution in [3.8, 4) is 17.2 Å². The van der Waals surface area contributed by atoms with Crippen molar-refractivity contribution in [2.24, 2.45) is 0 Å². The maximum atomic E-state index is 11.9. The minimum absolute atomic E-state index is 0.0212. The summed E-state index contributed by atoms with van der Waals surface area (Å²) in [6.45, 7) is 7.50. The highest BCUT2D eigenvalue weighted by Gasteiger charge is 2.20. The van der Waals surface area contributed by atoms with Crippen LogP contribution in [0.1, 0.15) is 20.8 Å². The Morgan fingerprint density at radius 1 is 0.833 bits per heavy atom. The average Bonchev–Trinajstić information content (AvgIpc) is 2.49. The van der Waals surface area contributed by atoms with Crippen LogP contribution < -0.4 is 14.2 Å². The van der Waals surface area contributed by atoms with Gasteiger partial charge in [0.1, 0.15) is 5.75 Å². The van der Waals surface area contributed by atoms with Gasteiger partial charge in [-0.15, -0.1) is 0 Å². The van der Waals surface area contributed by atoms with Crippen molar-refractivity contribution in [3.63, 3.8) is 0 Å². The quantitative estimate of drug-likeness (QED) is 0.487. The van der Waals surface area contributed by atoms with Crippen LogP contribution in [-0.2, 0) is 14.4 Å². The van der Waals surface area contributed by atoms with E-state index in [9.17, 15) is 14.4 Å². The molecule has 0 aliphatic heterocycles. The molecule has 6 nitrogen and oxygen atoms in total. The van der Waals surface area contributed by atoms with Crippen LogP contribution in [0.3, 0.4) is 0 Å². The van der Waals surface area contributed by atoms with E-state index in [1.807, 2.05) is 0 Å². The van der Waals surface area contributed by atoms with Gasteiger partial charge in [-0.05, 0) is 6.92 Å². The number of rotatable bonds is 4. The van der Waals surface area contributed by atoms with Gasteiger partial charge in [0.25, 0.3) is 0 Å². The Kier molecular flexibility index (Phi) is 4.99. The molecule has 0 amide bonds. The Hall–Kier alpha value is -3.15. The van der Waals surface area contributed by atoms with Crippen LogP contribution in [0.25, 0.3) is 10.8 Å². The van der Waals surface area contributed by atoms with E-state index in [0.29, 0.717) is 10.8 Å². The van der Waals surface area contributed by atoms with Gasteiger partial charge in [-0.3, -0.25) is 9.59 Å². The third kappa shape index (κ3) is 3.78. The van der Waals surface area contributed by atoms with E-state index in [0.717, 1.165) is 0 Å². The molecule has 0 aromatic heterocycles. The van der Waals surface area contributed by atoms with Crippen molar-refractivity contribution in [1.82, 2.24) is 0 Å². The predicted octanol–water partition coefficient (Wildman–Crippen LogP) is 3.17. The fourth-order valence-corrected chi connectivity index (χ4v) is 2.05. The molecule has 24 heavy (non-hydrogen) atoms. The summed E-state index contributed by atoms with van der Waals surface area (Å²) in [5.74, 6) is -1.55. The van der Waals surface area contributed by atoms with Crippen LogP contribution in [0.5, 0.6) is 17.2 Å². The topological polar surface area (TPSA) is 78.9 Å². The molecule has 0 aliphatic carbocycles. The van der Waals surface area contributed by atoms with Gasteiger partial charge in [0, 0.05) is 36.3 Å². The van der Waals surface area contributed by atoms with E-state index in [1.165, 1.54) is 26.8 Å². The van der Waals surface area contributed by atoms with Crippen molar-refractivity contribution in [2.75, 3.05) is 0 Å². The van der Waals surface area contributed by atoms with Crippen molar-refractivity contribution in [2.45, 2.75) is 20.8 Å². The number of hydrogen-bond donors (Lipinski definition) is 0. The molecule has 2 rings (SSSR count). The number of ether oxygens (including phenoxy) is 3. The van der Waals surface area contributed by atoms with Gasteiger partial charge >= 0.3 is 17.9 Å². The fraction of sp³-hybridized carbons (Fsp3) is 0.167. The van der Waals surface area contributed by atoms with E-state index in [2.05, 4.69) is 6.58 Å². The predicted molar refractivity (Wildman–Crippen MR) is 87.0 cm³/mol. The first-order valence-electron chi connectivity index (χ1n) is 7.10. The Labute approximate surface area is 138 Å². The van der Waals surface area contributed by atoms with Gasteiger partial charge in [-0.1, -0.05) is 30.8 Å². The molecule has 2 aromatic carbocycles. The van der Waals surface area contributed by atoms with E-state index in [4.69, 9.17) is 14.2 Å². The molecule has 0 spiro atoms. The molecule has 2 aromatic rings. The summed E-state index contributed by atoms with van der Waals surface area (Å²) in [4.78, 5) is 34.6. The van der Waals surface area contributed by atoms with Crippen LogP contribution in [0.4, 0.5) is 0 Å². The lowest BCUT2D eigenvalue weighted by Crippen LogP contribution is -2.12. The normalized spacial score (nSPS) is 10.1. The lowest BCUT2D eigenvalue weighted by atomic mass is 10.1. The van der Waals surface area contributed by atoms with Crippen LogP contribution in [0.2, 0.25) is 0 Å². The standard InChI is InChI=1S/C18H16O6/c1-10(2)18(21)24-17-14-8-6-5-7-13(14)15(22-11(3)19)9-16(17)23-12(4)20/h5-9H,1H2,2-4H3. The highest BCUT2D eigenvalue weighted by atomic mass is 16.6. The first-order chi connectivity index (χ1) is 11.3. The van der Waals surface area contributed by atoms with Crippen molar-refractivity contribution in [3.05, 3.63) is 42.5 Å². The second-order valence-electron chi connectivity index (χ2n) is 5.10. The van der Waals surface area contributed by atoms with Crippen molar-refractivity contribution in [1.29, 1.82) is 0 Å². The summed E-state index contributed by atoms with van der Waals surface area (Å²) in [6.07, 6.45) is 0. The van der Waals surface area contributed by atoms with Gasteiger partial charge in [0.15, 0.2) is 11.5 Å². The Balaban J connectivity index is 2.71. The van der Waals surface area contributed by atoms with E-state index < -0.39 is 17.9 Å². The zero-order valence-electron chi connectivity index (χ0n) is 13.5. The molecule has 0 aliphatic rings. The summed E-state index contributed by atoms with van der Waals surface area (Å²) in [6, 6.07) is 8.16. The Bertz CT molecular complexity index is 850. The molecule has 0 unspecified atom stereocenters. The molecular formula is C18H16O6. The molecule has 0 atom stereocenters. The maximum Gasteiger partial charge on any atom is 0.338 e. The number of carbonyl (C=O) groups excluding carboxylic acids is 3. The third-order valence-electron chi connectivity index (χ3n) is 2.97. The highest BCUT2D eigenvalue weighted by Crippen LogP contribution is 2.42. The zero-order valence-corrected chi connectivity index (χ0v) is 13.5. The lowest BCUT2D eigenvalue weighted by Gasteiger charge is -2.15. The monoisotopic (exact) mass is 328 g/mol. The van der Waals surface area contributed by atoms with Crippen LogP contribution >= 0.6 is 0 Å². The summed E-state index contributed by atoms with van der Waals surface area (Å²) in [5, 5.41) is 0.996. The second kappa shape index (κ2) is 6.95. The molecule has 6 heteroatoms. The Morgan fingerprint density at radius 3 is 1.92 bits per heavy atom. The van der Waals surface area contributed by atoms with Gasteiger partial charge in [-0.25, -0.2) is 4.79 Å². The van der Waals surface area contributed by atoms with Gasteiger partial charge in [-0.2, -0.15) is 0 Å². The summed E-state index contributed by atoms with van der Waals surface area (Å²) >= 11 is 0.